The molecule has 3 aromatic carbocycles. The van der Waals surface area contributed by atoms with E-state index in [9.17, 15) is 9.59 Å². The zero-order valence-electron chi connectivity index (χ0n) is 20.5. The van der Waals surface area contributed by atoms with E-state index in [-0.39, 0.29) is 17.9 Å². The first kappa shape index (κ1) is 24.1. The highest BCUT2D eigenvalue weighted by molar-refractivity contribution is 6.03. The molecule has 1 unspecified atom stereocenters. The van der Waals surface area contributed by atoms with Crippen molar-refractivity contribution in [1.29, 1.82) is 0 Å². The normalized spacial score (nSPS) is 17.4. The number of hydrogen-bond donors (Lipinski definition) is 2. The summed E-state index contributed by atoms with van der Waals surface area (Å²) in [5.74, 6) is -0.722. The molecule has 0 radical (unpaired) electrons. The third kappa shape index (κ3) is 5.60. The molecule has 6 nitrogen and oxygen atoms in total. The molecule has 2 aliphatic rings. The number of rotatable bonds is 8. The predicted octanol–water partition coefficient (Wildman–Crippen LogP) is 4.97. The molecule has 2 saturated heterocycles. The van der Waals surface area contributed by atoms with Gasteiger partial charge in [-0.05, 0) is 55.0 Å². The van der Waals surface area contributed by atoms with Gasteiger partial charge in [0.15, 0.2) is 0 Å². The van der Waals surface area contributed by atoms with Crippen molar-refractivity contribution in [3.05, 3.63) is 95.6 Å². The maximum absolute atomic E-state index is 13.6. The van der Waals surface area contributed by atoms with Gasteiger partial charge >= 0.3 is 0 Å². The van der Waals surface area contributed by atoms with Crippen molar-refractivity contribution in [2.45, 2.75) is 37.7 Å². The van der Waals surface area contributed by atoms with Gasteiger partial charge in [0.2, 0.25) is 5.91 Å². The maximum atomic E-state index is 13.6. The van der Waals surface area contributed by atoms with Gasteiger partial charge in [-0.2, -0.15) is 0 Å². The second-order valence-corrected chi connectivity index (χ2v) is 9.51. The van der Waals surface area contributed by atoms with E-state index in [0.29, 0.717) is 17.8 Å². The fourth-order valence-electron chi connectivity index (χ4n) is 5.14. The van der Waals surface area contributed by atoms with E-state index in [0.717, 1.165) is 62.2 Å². The number of hydrogen-bond acceptors (Lipinski definition) is 4. The van der Waals surface area contributed by atoms with Crippen LogP contribution in [0.15, 0.2) is 78.9 Å². The lowest BCUT2D eigenvalue weighted by atomic mass is 9.90. The van der Waals surface area contributed by atoms with Crippen LogP contribution in [0.4, 0.5) is 11.4 Å². The molecular formula is C30H33N3O3. The molecule has 36 heavy (non-hydrogen) atoms. The summed E-state index contributed by atoms with van der Waals surface area (Å²) in [6.45, 7) is 3.12. The van der Waals surface area contributed by atoms with Gasteiger partial charge in [-0.3, -0.25) is 9.59 Å². The van der Waals surface area contributed by atoms with Crippen molar-refractivity contribution in [1.82, 2.24) is 5.32 Å². The average molecular weight is 484 g/mol. The molecule has 186 valence electrons. The monoisotopic (exact) mass is 483 g/mol. The fourth-order valence-corrected chi connectivity index (χ4v) is 5.14. The molecular weight excluding hydrogens is 450 g/mol. The van der Waals surface area contributed by atoms with Crippen LogP contribution in [0.1, 0.15) is 53.1 Å². The van der Waals surface area contributed by atoms with Crippen LogP contribution in [0, 0.1) is 0 Å². The van der Waals surface area contributed by atoms with E-state index in [1.807, 2.05) is 78.9 Å². The third-order valence-corrected chi connectivity index (χ3v) is 7.00. The molecule has 6 heteroatoms. The molecule has 0 bridgehead atoms. The standard InChI is InChI=1S/C30H33N3O3/c34-29(31-21-25-14-9-19-36-25)26-20-24(15-16-27(26)33-17-7-8-18-33)32-30(35)28(22-10-3-1-4-11-22)23-12-5-2-6-13-23/h1-6,10-13,15-16,20,25,28H,7-9,14,17-19,21H2,(H,31,34)(H,32,35). The number of nitrogens with zero attached hydrogens (tertiary/aromatic N) is 1. The number of carbonyl (C=O) groups is 2. The van der Waals surface area contributed by atoms with E-state index in [2.05, 4.69) is 15.5 Å². The Hall–Kier alpha value is -3.64. The van der Waals surface area contributed by atoms with Crippen molar-refractivity contribution in [2.24, 2.45) is 0 Å². The zero-order valence-corrected chi connectivity index (χ0v) is 20.5. The highest BCUT2D eigenvalue weighted by Crippen LogP contribution is 2.30. The Bertz CT molecular complexity index is 1130. The Kier molecular flexibility index (Phi) is 7.62. The molecule has 3 aromatic rings. The first-order chi connectivity index (χ1) is 17.7. The van der Waals surface area contributed by atoms with Gasteiger partial charge in [0, 0.05) is 37.6 Å². The largest absolute Gasteiger partial charge is 0.376 e. The van der Waals surface area contributed by atoms with Crippen molar-refractivity contribution < 1.29 is 14.3 Å². The van der Waals surface area contributed by atoms with Crippen molar-refractivity contribution >= 4 is 23.2 Å². The second-order valence-electron chi connectivity index (χ2n) is 9.51. The highest BCUT2D eigenvalue weighted by Gasteiger charge is 2.25. The number of nitrogens with one attached hydrogen (secondary N) is 2. The third-order valence-electron chi connectivity index (χ3n) is 7.00. The van der Waals surface area contributed by atoms with Crippen LogP contribution in [0.25, 0.3) is 0 Å². The van der Waals surface area contributed by atoms with Crippen molar-refractivity contribution in [3.8, 4) is 0 Å². The zero-order chi connectivity index (χ0) is 24.7. The molecule has 2 heterocycles. The Morgan fingerprint density at radius 2 is 1.56 bits per heavy atom. The van der Waals surface area contributed by atoms with Crippen LogP contribution in [0.2, 0.25) is 0 Å². The number of anilines is 2. The summed E-state index contributed by atoms with van der Waals surface area (Å²) in [6, 6.07) is 25.2. The summed E-state index contributed by atoms with van der Waals surface area (Å²) in [6.07, 6.45) is 4.31. The van der Waals surface area contributed by atoms with Gasteiger partial charge in [-0.15, -0.1) is 0 Å². The quantitative estimate of drug-likeness (QED) is 0.475. The molecule has 2 aliphatic heterocycles. The summed E-state index contributed by atoms with van der Waals surface area (Å²) in [5, 5.41) is 6.14. The number of carbonyl (C=O) groups excluding carboxylic acids is 2. The number of benzene rings is 3. The van der Waals surface area contributed by atoms with Gasteiger partial charge in [0.25, 0.3) is 5.91 Å². The molecule has 1 atom stereocenters. The van der Waals surface area contributed by atoms with E-state index in [1.165, 1.54) is 0 Å². The summed E-state index contributed by atoms with van der Waals surface area (Å²) in [7, 11) is 0. The van der Waals surface area contributed by atoms with Crippen LogP contribution in [-0.2, 0) is 9.53 Å². The molecule has 0 aliphatic carbocycles. The van der Waals surface area contributed by atoms with Gasteiger partial charge in [-0.1, -0.05) is 60.7 Å². The Morgan fingerprint density at radius 3 is 2.17 bits per heavy atom. The van der Waals surface area contributed by atoms with Crippen molar-refractivity contribution in [2.75, 3.05) is 36.5 Å². The minimum atomic E-state index is -0.456. The Balaban J connectivity index is 1.40. The molecule has 2 amide bonds. The maximum Gasteiger partial charge on any atom is 0.253 e. The first-order valence-corrected chi connectivity index (χ1v) is 12.9. The van der Waals surface area contributed by atoms with Crippen LogP contribution in [-0.4, -0.2) is 44.2 Å². The summed E-state index contributed by atoms with van der Waals surface area (Å²) >= 11 is 0. The van der Waals surface area contributed by atoms with Crippen LogP contribution in [0.3, 0.4) is 0 Å². The summed E-state index contributed by atoms with van der Waals surface area (Å²) < 4.78 is 5.67. The molecule has 2 N–H and O–H groups in total. The summed E-state index contributed by atoms with van der Waals surface area (Å²) in [4.78, 5) is 29.1. The number of amides is 2. The topological polar surface area (TPSA) is 70.7 Å². The van der Waals surface area contributed by atoms with E-state index in [4.69, 9.17) is 4.74 Å². The molecule has 0 spiro atoms. The smallest absolute Gasteiger partial charge is 0.253 e. The highest BCUT2D eigenvalue weighted by atomic mass is 16.5. The molecule has 0 saturated carbocycles. The molecule has 5 rings (SSSR count). The van der Waals surface area contributed by atoms with Crippen molar-refractivity contribution in [3.63, 3.8) is 0 Å². The molecule has 2 fully saturated rings. The lowest BCUT2D eigenvalue weighted by molar-refractivity contribution is -0.116. The van der Waals surface area contributed by atoms with Gasteiger partial charge in [-0.25, -0.2) is 0 Å². The van der Waals surface area contributed by atoms with Gasteiger partial charge in [0.1, 0.15) is 0 Å². The second kappa shape index (κ2) is 11.4. The lowest BCUT2D eigenvalue weighted by Crippen LogP contribution is -2.33. The average Bonchev–Trinajstić information content (AvgIpc) is 3.64. The van der Waals surface area contributed by atoms with E-state index < -0.39 is 5.92 Å². The first-order valence-electron chi connectivity index (χ1n) is 12.9. The van der Waals surface area contributed by atoms with E-state index in [1.54, 1.807) is 0 Å². The van der Waals surface area contributed by atoms with E-state index >= 15 is 0 Å². The number of ether oxygens (including phenoxy) is 1. The Morgan fingerprint density at radius 1 is 0.889 bits per heavy atom. The fraction of sp³-hybridized carbons (Fsp3) is 0.333. The molecule has 0 aromatic heterocycles. The predicted molar refractivity (Wildman–Crippen MR) is 143 cm³/mol. The van der Waals surface area contributed by atoms with Crippen LogP contribution < -0.4 is 15.5 Å². The van der Waals surface area contributed by atoms with Crippen LogP contribution >= 0.6 is 0 Å². The van der Waals surface area contributed by atoms with Gasteiger partial charge in [0.05, 0.1) is 17.6 Å². The Labute approximate surface area is 212 Å². The summed E-state index contributed by atoms with van der Waals surface area (Å²) in [5.41, 5.74) is 3.96. The SMILES string of the molecule is O=C(NCC1CCCO1)c1cc(NC(=O)C(c2ccccc2)c2ccccc2)ccc1N1CCCC1. The lowest BCUT2D eigenvalue weighted by Gasteiger charge is -2.23. The minimum Gasteiger partial charge on any atom is -0.376 e. The van der Waals surface area contributed by atoms with Crippen LogP contribution in [0.5, 0.6) is 0 Å². The van der Waals surface area contributed by atoms with Gasteiger partial charge < -0.3 is 20.3 Å². The minimum absolute atomic E-state index is 0.0737.